The molecule has 0 atom stereocenters. The molecule has 0 bridgehead atoms. The van der Waals surface area contributed by atoms with E-state index in [2.05, 4.69) is 0 Å². The van der Waals surface area contributed by atoms with Crippen molar-refractivity contribution in [3.63, 3.8) is 0 Å². The van der Waals surface area contributed by atoms with Crippen LogP contribution in [0.25, 0.3) is 0 Å². The van der Waals surface area contributed by atoms with E-state index >= 15 is 0 Å². The molecule has 2 fully saturated rings. The maximum absolute atomic E-state index is 9.12. The molecule has 100 valence electrons. The zero-order chi connectivity index (χ0) is 11.9. The van der Waals surface area contributed by atoms with Crippen molar-refractivity contribution in [2.45, 2.75) is 81.9 Å². The lowest BCUT2D eigenvalue weighted by Crippen LogP contribution is -2.22. The topological polar surface area (TPSA) is 20.2 Å². The van der Waals surface area contributed by atoms with Gasteiger partial charge in [-0.2, -0.15) is 0 Å². The van der Waals surface area contributed by atoms with Gasteiger partial charge in [-0.1, -0.05) is 38.5 Å². The summed E-state index contributed by atoms with van der Waals surface area (Å²) in [6, 6.07) is 0. The van der Waals surface area contributed by atoms with Gasteiger partial charge in [-0.3, -0.25) is 0 Å². The highest BCUT2D eigenvalue weighted by molar-refractivity contribution is 7.59. The molecule has 0 radical (unpaired) electrons. The van der Waals surface area contributed by atoms with Crippen LogP contribution in [0.5, 0.6) is 0 Å². The van der Waals surface area contributed by atoms with Gasteiger partial charge in [0.2, 0.25) is 0 Å². The van der Waals surface area contributed by atoms with Crippen LogP contribution in [0, 0.1) is 0 Å². The Hall–Kier alpha value is 0.390. The molecule has 17 heavy (non-hydrogen) atoms. The van der Waals surface area contributed by atoms with Gasteiger partial charge >= 0.3 is 0 Å². The maximum Gasteiger partial charge on any atom is 0.0434 e. The predicted octanol–water partition coefficient (Wildman–Crippen LogP) is 4.52. The molecular formula is C15H29OP. The van der Waals surface area contributed by atoms with Crippen LogP contribution >= 0.6 is 7.92 Å². The molecule has 1 N–H and O–H groups in total. The number of hydrogen-bond donors (Lipinski definition) is 1. The SMILES string of the molecule is OCCCP(C1CCCCC1)C1CCCCC1. The van der Waals surface area contributed by atoms with Crippen molar-refractivity contribution in [3.05, 3.63) is 0 Å². The Labute approximate surface area is 108 Å². The van der Waals surface area contributed by atoms with Crippen LogP contribution in [-0.4, -0.2) is 29.2 Å². The van der Waals surface area contributed by atoms with E-state index in [-0.39, 0.29) is 7.92 Å². The van der Waals surface area contributed by atoms with E-state index in [9.17, 15) is 0 Å². The van der Waals surface area contributed by atoms with Gasteiger partial charge in [0.05, 0.1) is 0 Å². The average molecular weight is 256 g/mol. The fourth-order valence-corrected chi connectivity index (χ4v) is 7.63. The summed E-state index contributed by atoms with van der Waals surface area (Å²) in [4.78, 5) is 0. The molecule has 2 heteroatoms. The highest BCUT2D eigenvalue weighted by atomic mass is 31.1. The second-order valence-corrected chi connectivity index (χ2v) is 8.83. The molecule has 2 aliphatic rings. The van der Waals surface area contributed by atoms with Gasteiger partial charge in [-0.15, -0.1) is 7.92 Å². The van der Waals surface area contributed by atoms with E-state index in [0.29, 0.717) is 6.61 Å². The van der Waals surface area contributed by atoms with Gasteiger partial charge in [0.1, 0.15) is 0 Å². The summed E-state index contributed by atoms with van der Waals surface area (Å²) in [5, 5.41) is 9.12. The largest absolute Gasteiger partial charge is 0.396 e. The van der Waals surface area contributed by atoms with Crippen molar-refractivity contribution < 1.29 is 5.11 Å². The minimum absolute atomic E-state index is 0.237. The fraction of sp³-hybridized carbons (Fsp3) is 1.00. The second-order valence-electron chi connectivity index (χ2n) is 5.90. The minimum atomic E-state index is 0.237. The highest BCUT2D eigenvalue weighted by Gasteiger charge is 2.30. The van der Waals surface area contributed by atoms with Gasteiger partial charge in [0.15, 0.2) is 0 Å². The van der Waals surface area contributed by atoms with Crippen LogP contribution in [0.3, 0.4) is 0 Å². The van der Waals surface area contributed by atoms with Crippen LogP contribution in [0.2, 0.25) is 0 Å². The van der Waals surface area contributed by atoms with Gasteiger partial charge in [0, 0.05) is 6.61 Å². The molecule has 0 aromatic rings. The van der Waals surface area contributed by atoms with Crippen LogP contribution < -0.4 is 0 Å². The van der Waals surface area contributed by atoms with E-state index in [1.165, 1.54) is 70.4 Å². The Balaban J connectivity index is 1.90. The molecule has 2 saturated carbocycles. The molecule has 0 heterocycles. The zero-order valence-electron chi connectivity index (χ0n) is 11.2. The lowest BCUT2D eigenvalue weighted by molar-refractivity contribution is 0.295. The molecule has 0 saturated heterocycles. The third-order valence-electron chi connectivity index (χ3n) is 4.66. The van der Waals surface area contributed by atoms with Gasteiger partial charge in [-0.05, 0) is 49.6 Å². The van der Waals surface area contributed by atoms with E-state index in [1.54, 1.807) is 0 Å². The fourth-order valence-electron chi connectivity index (χ4n) is 3.74. The van der Waals surface area contributed by atoms with Gasteiger partial charge in [0.25, 0.3) is 0 Å². The number of rotatable bonds is 5. The van der Waals surface area contributed by atoms with Crippen molar-refractivity contribution in [2.24, 2.45) is 0 Å². The Morgan fingerprint density at radius 3 is 1.65 bits per heavy atom. The Morgan fingerprint density at radius 1 is 0.765 bits per heavy atom. The van der Waals surface area contributed by atoms with Crippen molar-refractivity contribution in [1.29, 1.82) is 0 Å². The van der Waals surface area contributed by atoms with E-state index < -0.39 is 0 Å². The van der Waals surface area contributed by atoms with Crippen molar-refractivity contribution in [1.82, 2.24) is 0 Å². The highest BCUT2D eigenvalue weighted by Crippen LogP contribution is 2.55. The molecule has 2 rings (SSSR count). The summed E-state index contributed by atoms with van der Waals surface area (Å²) in [5.74, 6) is 0. The standard InChI is InChI=1S/C15H29OP/c16-12-7-13-17(14-8-3-1-4-9-14)15-10-5-2-6-11-15/h14-16H,1-13H2. The molecule has 0 aliphatic heterocycles. The smallest absolute Gasteiger partial charge is 0.0434 e. The summed E-state index contributed by atoms with van der Waals surface area (Å²) >= 11 is 0. The summed E-state index contributed by atoms with van der Waals surface area (Å²) in [7, 11) is 0.237. The molecule has 0 aromatic heterocycles. The first kappa shape index (κ1) is 13.8. The van der Waals surface area contributed by atoms with Crippen LogP contribution in [0.1, 0.15) is 70.6 Å². The summed E-state index contributed by atoms with van der Waals surface area (Å²) < 4.78 is 0. The third kappa shape index (κ3) is 4.21. The number of aliphatic hydroxyl groups excluding tert-OH is 1. The molecule has 0 unspecified atom stereocenters. The maximum atomic E-state index is 9.12. The van der Waals surface area contributed by atoms with E-state index in [4.69, 9.17) is 5.11 Å². The van der Waals surface area contributed by atoms with Crippen LogP contribution in [0.4, 0.5) is 0 Å². The summed E-state index contributed by atoms with van der Waals surface area (Å²) in [6.45, 7) is 0.415. The second kappa shape index (κ2) is 7.74. The Bertz CT molecular complexity index is 177. The first-order valence-electron chi connectivity index (χ1n) is 7.78. The molecular weight excluding hydrogens is 227 g/mol. The molecule has 2 aliphatic carbocycles. The molecule has 0 amide bonds. The first-order chi connectivity index (χ1) is 8.42. The zero-order valence-corrected chi connectivity index (χ0v) is 12.1. The predicted molar refractivity (Wildman–Crippen MR) is 77.2 cm³/mol. The van der Waals surface area contributed by atoms with Gasteiger partial charge < -0.3 is 5.11 Å². The molecule has 0 spiro atoms. The average Bonchev–Trinajstić information content (AvgIpc) is 2.42. The van der Waals surface area contributed by atoms with Crippen molar-refractivity contribution >= 4 is 7.92 Å². The van der Waals surface area contributed by atoms with Crippen molar-refractivity contribution in [3.8, 4) is 0 Å². The van der Waals surface area contributed by atoms with Gasteiger partial charge in [-0.25, -0.2) is 0 Å². The van der Waals surface area contributed by atoms with Crippen LogP contribution in [0.15, 0.2) is 0 Å². The lowest BCUT2D eigenvalue weighted by Gasteiger charge is -2.38. The Morgan fingerprint density at radius 2 is 1.24 bits per heavy atom. The number of aliphatic hydroxyl groups is 1. The summed E-state index contributed by atoms with van der Waals surface area (Å²) in [6.07, 6.45) is 17.3. The van der Waals surface area contributed by atoms with Crippen LogP contribution in [-0.2, 0) is 0 Å². The molecule has 1 nitrogen and oxygen atoms in total. The number of hydrogen-bond acceptors (Lipinski definition) is 1. The molecule has 0 aromatic carbocycles. The van der Waals surface area contributed by atoms with Crippen molar-refractivity contribution in [2.75, 3.05) is 12.8 Å². The first-order valence-corrected chi connectivity index (χ1v) is 9.45. The quantitative estimate of drug-likeness (QED) is 0.717. The van der Waals surface area contributed by atoms with E-state index in [1.807, 2.05) is 0 Å². The minimum Gasteiger partial charge on any atom is -0.396 e. The van der Waals surface area contributed by atoms with E-state index in [0.717, 1.165) is 17.7 Å². The lowest BCUT2D eigenvalue weighted by atomic mass is 9.99. The Kier molecular flexibility index (Phi) is 6.29. The third-order valence-corrected chi connectivity index (χ3v) is 8.40. The summed E-state index contributed by atoms with van der Waals surface area (Å²) in [5.41, 5.74) is 2.13. The monoisotopic (exact) mass is 256 g/mol. The normalized spacial score (nSPS) is 24.4.